The van der Waals surface area contributed by atoms with Crippen LogP contribution in [-0.2, 0) is 44.6 Å². The molecule has 0 radical (unpaired) electrons. The van der Waals surface area contributed by atoms with Crippen LogP contribution in [0.3, 0.4) is 0 Å². The highest BCUT2D eigenvalue weighted by Crippen LogP contribution is 2.37. The summed E-state index contributed by atoms with van der Waals surface area (Å²) in [5, 5.41) is 5.29. The van der Waals surface area contributed by atoms with Gasteiger partial charge in [-0.05, 0) is 56.0 Å². The molecule has 0 aliphatic carbocycles. The minimum absolute atomic E-state index is 0.0134. The molecule has 2 heterocycles. The normalized spacial score (nSPS) is 20.9. The van der Waals surface area contributed by atoms with E-state index in [2.05, 4.69) is 10.6 Å². The maximum absolute atomic E-state index is 13.2. The fourth-order valence-electron chi connectivity index (χ4n) is 5.13. The van der Waals surface area contributed by atoms with Crippen molar-refractivity contribution in [2.75, 3.05) is 6.54 Å². The molecule has 8 nitrogen and oxygen atoms in total. The van der Waals surface area contributed by atoms with E-state index in [-0.39, 0.29) is 49.6 Å². The fraction of sp³-hybridized carbons (Fsp3) is 0.483. The van der Waals surface area contributed by atoms with E-state index >= 15 is 0 Å². The number of hydrogen-bond acceptors (Lipinski definition) is 5. The number of hydrogen-bond donors (Lipinski definition) is 2. The van der Waals surface area contributed by atoms with Gasteiger partial charge in [-0.2, -0.15) is 26.3 Å². The molecule has 3 atom stereocenters. The summed E-state index contributed by atoms with van der Waals surface area (Å²) in [6.45, 7) is 2.60. The molecule has 14 heteroatoms. The van der Waals surface area contributed by atoms with Crippen molar-refractivity contribution in [3.8, 4) is 0 Å². The van der Waals surface area contributed by atoms with Crippen molar-refractivity contribution in [3.05, 3.63) is 70.8 Å². The van der Waals surface area contributed by atoms with E-state index in [9.17, 15) is 40.7 Å². The van der Waals surface area contributed by atoms with Gasteiger partial charge in [0.05, 0.1) is 23.8 Å². The Bertz CT molecular complexity index is 1300. The predicted octanol–water partition coefficient (Wildman–Crippen LogP) is 5.19. The van der Waals surface area contributed by atoms with E-state index < -0.39 is 59.8 Å². The standard InChI is InChI=1S/C29H31F6N3O5/c1-27(2,37-26(41)43-15-17-6-4-3-5-7-17)25(40)36-21-11-22-13-23(14-38(22)24(39)12-21)42-16-18-8-19(28(30,31)32)10-20(9-18)29(33,34)35/h3-10,21-23H,11-16H2,1-2H3,(H,36,40)(H,37,41). The van der Waals surface area contributed by atoms with Gasteiger partial charge in [0.25, 0.3) is 0 Å². The average Bonchev–Trinajstić information content (AvgIpc) is 3.33. The highest BCUT2D eigenvalue weighted by atomic mass is 19.4. The maximum Gasteiger partial charge on any atom is 0.416 e. The maximum atomic E-state index is 13.2. The smallest absolute Gasteiger partial charge is 0.416 e. The Morgan fingerprint density at radius 1 is 0.907 bits per heavy atom. The molecular weight excluding hydrogens is 584 g/mol. The predicted molar refractivity (Wildman–Crippen MR) is 140 cm³/mol. The summed E-state index contributed by atoms with van der Waals surface area (Å²) in [5.41, 5.74) is -3.75. The number of alkyl halides is 6. The van der Waals surface area contributed by atoms with Crippen LogP contribution in [0, 0.1) is 0 Å². The van der Waals surface area contributed by atoms with Gasteiger partial charge in [0.1, 0.15) is 12.1 Å². The molecule has 2 aliphatic heterocycles. The number of benzene rings is 2. The van der Waals surface area contributed by atoms with Crippen LogP contribution >= 0.6 is 0 Å². The topological polar surface area (TPSA) is 97.0 Å². The summed E-state index contributed by atoms with van der Waals surface area (Å²) < 4.78 is 89.9. The Morgan fingerprint density at radius 3 is 2.14 bits per heavy atom. The third kappa shape index (κ3) is 8.39. The van der Waals surface area contributed by atoms with Gasteiger partial charge in [-0.15, -0.1) is 0 Å². The Morgan fingerprint density at radius 2 is 1.53 bits per heavy atom. The van der Waals surface area contributed by atoms with Crippen LogP contribution in [0.4, 0.5) is 31.1 Å². The number of amides is 3. The first-order valence-corrected chi connectivity index (χ1v) is 13.5. The lowest BCUT2D eigenvalue weighted by Gasteiger charge is -2.36. The summed E-state index contributed by atoms with van der Waals surface area (Å²) >= 11 is 0. The number of nitrogens with zero attached hydrogens (tertiary/aromatic N) is 1. The molecule has 2 aromatic carbocycles. The minimum Gasteiger partial charge on any atom is -0.445 e. The first kappa shape index (κ1) is 32.1. The Hall–Kier alpha value is -3.81. The van der Waals surface area contributed by atoms with E-state index in [1.165, 1.54) is 13.8 Å². The van der Waals surface area contributed by atoms with Crippen molar-refractivity contribution in [2.24, 2.45) is 0 Å². The zero-order valence-corrected chi connectivity index (χ0v) is 23.3. The lowest BCUT2D eigenvalue weighted by atomic mass is 9.95. The highest BCUT2D eigenvalue weighted by Gasteiger charge is 2.43. The van der Waals surface area contributed by atoms with Crippen molar-refractivity contribution in [2.45, 2.75) is 82.4 Å². The largest absolute Gasteiger partial charge is 0.445 e. The molecule has 0 spiro atoms. The molecule has 0 saturated carbocycles. The first-order chi connectivity index (χ1) is 20.0. The van der Waals surface area contributed by atoms with E-state index in [0.717, 1.165) is 5.56 Å². The van der Waals surface area contributed by atoms with E-state index in [4.69, 9.17) is 9.47 Å². The first-order valence-electron chi connectivity index (χ1n) is 13.5. The number of carbonyl (C=O) groups excluding carboxylic acids is 3. The van der Waals surface area contributed by atoms with Gasteiger partial charge < -0.3 is 25.0 Å². The molecule has 3 unspecified atom stereocenters. The average molecular weight is 616 g/mol. The lowest BCUT2D eigenvalue weighted by molar-refractivity contribution is -0.143. The monoisotopic (exact) mass is 615 g/mol. The second-order valence-corrected chi connectivity index (χ2v) is 11.2. The second-order valence-electron chi connectivity index (χ2n) is 11.2. The third-order valence-electron chi connectivity index (χ3n) is 7.34. The number of halogens is 6. The van der Waals surface area contributed by atoms with Gasteiger partial charge in [0, 0.05) is 25.0 Å². The zero-order valence-electron chi connectivity index (χ0n) is 23.3. The number of fused-ring (bicyclic) bond motifs is 1. The minimum atomic E-state index is -4.97. The van der Waals surface area contributed by atoms with Crippen LogP contribution in [0.1, 0.15) is 55.4 Å². The van der Waals surface area contributed by atoms with Gasteiger partial charge >= 0.3 is 18.4 Å². The summed E-state index contributed by atoms with van der Waals surface area (Å²) in [6, 6.07) is 9.34. The summed E-state index contributed by atoms with van der Waals surface area (Å²) in [5.74, 6) is -0.815. The molecule has 2 aliphatic rings. The summed E-state index contributed by atoms with van der Waals surface area (Å²) in [6.07, 6.45) is -10.7. The summed E-state index contributed by atoms with van der Waals surface area (Å²) in [4.78, 5) is 39.6. The Labute approximate surface area is 243 Å². The van der Waals surface area contributed by atoms with Crippen LogP contribution < -0.4 is 10.6 Å². The Balaban J connectivity index is 1.30. The van der Waals surface area contributed by atoms with Crippen LogP contribution in [0.25, 0.3) is 0 Å². The lowest BCUT2D eigenvalue weighted by Crippen LogP contribution is -2.59. The number of rotatable bonds is 8. The van der Waals surface area contributed by atoms with Gasteiger partial charge in [0.15, 0.2) is 0 Å². The second kappa shape index (κ2) is 12.4. The van der Waals surface area contributed by atoms with Gasteiger partial charge in [-0.25, -0.2) is 4.79 Å². The molecule has 0 bridgehead atoms. The van der Waals surface area contributed by atoms with E-state index in [1.807, 2.05) is 6.07 Å². The van der Waals surface area contributed by atoms with Crippen molar-refractivity contribution in [1.82, 2.24) is 15.5 Å². The quantitative estimate of drug-likeness (QED) is 0.399. The third-order valence-corrected chi connectivity index (χ3v) is 7.34. The molecule has 43 heavy (non-hydrogen) atoms. The molecule has 234 valence electrons. The van der Waals surface area contributed by atoms with Gasteiger partial charge in [-0.1, -0.05) is 30.3 Å². The number of carbonyl (C=O) groups is 3. The molecule has 2 N–H and O–H groups in total. The molecule has 4 rings (SSSR count). The Kier molecular flexibility index (Phi) is 9.28. The van der Waals surface area contributed by atoms with Gasteiger partial charge in [0.2, 0.25) is 11.8 Å². The molecular formula is C29H31F6N3O5. The fourth-order valence-corrected chi connectivity index (χ4v) is 5.13. The van der Waals surface area contributed by atoms with Gasteiger partial charge in [-0.3, -0.25) is 9.59 Å². The molecule has 2 saturated heterocycles. The van der Waals surface area contributed by atoms with Crippen LogP contribution in [0.15, 0.2) is 48.5 Å². The summed E-state index contributed by atoms with van der Waals surface area (Å²) in [7, 11) is 0. The zero-order chi connectivity index (χ0) is 31.6. The van der Waals surface area contributed by atoms with Crippen LogP contribution in [0.2, 0.25) is 0 Å². The number of nitrogens with one attached hydrogen (secondary N) is 2. The van der Waals surface area contributed by atoms with E-state index in [1.54, 1.807) is 29.2 Å². The van der Waals surface area contributed by atoms with Crippen LogP contribution in [0.5, 0.6) is 0 Å². The highest BCUT2D eigenvalue weighted by molar-refractivity contribution is 5.90. The van der Waals surface area contributed by atoms with Crippen molar-refractivity contribution >= 4 is 17.9 Å². The number of piperidine rings is 1. The van der Waals surface area contributed by atoms with Crippen molar-refractivity contribution in [1.29, 1.82) is 0 Å². The molecule has 3 amide bonds. The number of ether oxygens (including phenoxy) is 2. The molecule has 2 fully saturated rings. The molecule has 2 aromatic rings. The SMILES string of the molecule is CC(C)(NC(=O)OCc1ccccc1)C(=O)NC1CC(=O)N2CC(OCc3cc(C(F)(F)F)cc(C(F)(F)F)c3)CC2C1. The van der Waals surface area contributed by atoms with Crippen molar-refractivity contribution in [3.63, 3.8) is 0 Å². The van der Waals surface area contributed by atoms with E-state index in [0.29, 0.717) is 18.6 Å². The van der Waals surface area contributed by atoms with Crippen molar-refractivity contribution < 1.29 is 50.2 Å². The van der Waals surface area contributed by atoms with Crippen LogP contribution in [-0.4, -0.2) is 53.1 Å². The molecule has 0 aromatic heterocycles. The number of alkyl carbamates (subject to hydrolysis) is 1.